The van der Waals surface area contributed by atoms with Crippen LogP contribution in [0.3, 0.4) is 0 Å². The van der Waals surface area contributed by atoms with Crippen molar-refractivity contribution in [2.75, 3.05) is 25.1 Å². The Morgan fingerprint density at radius 3 is 2.48 bits per heavy atom. The SMILES string of the molecule is COc1ccc(N(CCC(N)=O)CC(=O)NN2C(=O)NC3(CCC(C)CC3)C2=O)cc1. The summed E-state index contributed by atoms with van der Waals surface area (Å²) in [5, 5.41) is 3.54. The van der Waals surface area contributed by atoms with Gasteiger partial charge < -0.3 is 20.7 Å². The van der Waals surface area contributed by atoms with Gasteiger partial charge in [0.05, 0.1) is 13.7 Å². The number of methoxy groups -OCH3 is 1. The van der Waals surface area contributed by atoms with Crippen LogP contribution in [-0.4, -0.2) is 54.5 Å². The Balaban J connectivity index is 1.67. The number of benzene rings is 1. The van der Waals surface area contributed by atoms with Crippen molar-refractivity contribution in [1.29, 1.82) is 0 Å². The minimum absolute atomic E-state index is 0.0454. The Hall–Kier alpha value is -3.30. The van der Waals surface area contributed by atoms with Crippen LogP contribution in [0.1, 0.15) is 39.0 Å². The van der Waals surface area contributed by atoms with Crippen molar-refractivity contribution in [2.45, 2.75) is 44.6 Å². The number of urea groups is 1. The van der Waals surface area contributed by atoms with E-state index in [9.17, 15) is 19.2 Å². The molecule has 0 bridgehead atoms. The maximum Gasteiger partial charge on any atom is 0.344 e. The van der Waals surface area contributed by atoms with Gasteiger partial charge in [0.2, 0.25) is 5.91 Å². The van der Waals surface area contributed by atoms with Gasteiger partial charge in [0, 0.05) is 18.7 Å². The number of carbonyl (C=O) groups excluding carboxylic acids is 4. The van der Waals surface area contributed by atoms with E-state index in [1.54, 1.807) is 36.3 Å². The molecular formula is C21H29N5O5. The molecule has 1 aliphatic carbocycles. The number of amides is 5. The van der Waals surface area contributed by atoms with Crippen LogP contribution in [-0.2, 0) is 14.4 Å². The first-order valence-corrected chi connectivity index (χ1v) is 10.4. The number of imide groups is 1. The van der Waals surface area contributed by atoms with Crippen molar-refractivity contribution in [1.82, 2.24) is 15.8 Å². The number of carbonyl (C=O) groups is 4. The van der Waals surface area contributed by atoms with E-state index >= 15 is 0 Å². The quantitative estimate of drug-likeness (QED) is 0.524. The number of rotatable bonds is 8. The monoisotopic (exact) mass is 431 g/mol. The van der Waals surface area contributed by atoms with Gasteiger partial charge in [-0.25, -0.2) is 4.79 Å². The zero-order chi connectivity index (χ0) is 22.6. The van der Waals surface area contributed by atoms with Crippen LogP contribution in [0.25, 0.3) is 0 Å². The van der Waals surface area contributed by atoms with E-state index < -0.39 is 29.3 Å². The summed E-state index contributed by atoms with van der Waals surface area (Å²) in [6.45, 7) is 2.16. The number of nitrogens with two attached hydrogens (primary N) is 1. The van der Waals surface area contributed by atoms with Gasteiger partial charge in [-0.2, -0.15) is 5.01 Å². The lowest BCUT2D eigenvalue weighted by Gasteiger charge is -2.33. The molecule has 2 fully saturated rings. The van der Waals surface area contributed by atoms with Gasteiger partial charge in [-0.15, -0.1) is 0 Å². The first kappa shape index (κ1) is 22.4. The molecule has 3 rings (SSSR count). The van der Waals surface area contributed by atoms with Crippen molar-refractivity contribution in [3.8, 4) is 5.75 Å². The molecule has 1 aromatic rings. The second-order valence-corrected chi connectivity index (χ2v) is 8.21. The molecular weight excluding hydrogens is 402 g/mol. The van der Waals surface area contributed by atoms with E-state index in [0.29, 0.717) is 30.2 Å². The Kier molecular flexibility index (Phi) is 6.67. The number of nitrogens with zero attached hydrogens (tertiary/aromatic N) is 2. The molecule has 10 nitrogen and oxygen atoms in total. The van der Waals surface area contributed by atoms with E-state index in [1.807, 2.05) is 0 Å². The van der Waals surface area contributed by atoms with E-state index in [0.717, 1.165) is 17.9 Å². The molecule has 0 aromatic heterocycles. The molecule has 0 unspecified atom stereocenters. The topological polar surface area (TPSA) is 134 Å². The van der Waals surface area contributed by atoms with Crippen LogP contribution < -0.4 is 26.1 Å². The summed E-state index contributed by atoms with van der Waals surface area (Å²) in [7, 11) is 1.55. The lowest BCUT2D eigenvalue weighted by Crippen LogP contribution is -2.53. The Morgan fingerprint density at radius 1 is 1.26 bits per heavy atom. The third-order valence-corrected chi connectivity index (χ3v) is 5.93. The summed E-state index contributed by atoms with van der Waals surface area (Å²) in [6.07, 6.45) is 2.84. The Morgan fingerprint density at radius 2 is 1.90 bits per heavy atom. The number of ether oxygens (including phenoxy) is 1. The number of anilines is 1. The van der Waals surface area contributed by atoms with E-state index in [2.05, 4.69) is 17.7 Å². The first-order chi connectivity index (χ1) is 14.7. The number of primary amides is 1. The lowest BCUT2D eigenvalue weighted by molar-refractivity contribution is -0.139. The highest BCUT2D eigenvalue weighted by atomic mass is 16.5. The molecule has 1 saturated heterocycles. The maximum absolute atomic E-state index is 12.9. The zero-order valence-corrected chi connectivity index (χ0v) is 17.8. The summed E-state index contributed by atoms with van der Waals surface area (Å²) in [6, 6.07) is 6.34. The molecule has 1 aliphatic heterocycles. The van der Waals surface area contributed by atoms with Crippen LogP contribution in [0, 0.1) is 5.92 Å². The summed E-state index contributed by atoms with van der Waals surface area (Å²) < 4.78 is 5.14. The lowest BCUT2D eigenvalue weighted by atomic mass is 9.77. The summed E-state index contributed by atoms with van der Waals surface area (Å²) in [5.41, 5.74) is 7.42. The van der Waals surface area contributed by atoms with Crippen molar-refractivity contribution in [3.05, 3.63) is 24.3 Å². The molecule has 168 valence electrons. The largest absolute Gasteiger partial charge is 0.497 e. The normalized spacial score (nSPS) is 22.9. The van der Waals surface area contributed by atoms with Gasteiger partial charge in [-0.1, -0.05) is 6.92 Å². The number of hydrogen-bond donors (Lipinski definition) is 3. The fraction of sp³-hybridized carbons (Fsp3) is 0.524. The first-order valence-electron chi connectivity index (χ1n) is 10.4. The highest BCUT2D eigenvalue weighted by Gasteiger charge is 2.52. The van der Waals surface area contributed by atoms with Gasteiger partial charge in [0.1, 0.15) is 11.3 Å². The van der Waals surface area contributed by atoms with Crippen LogP contribution in [0.4, 0.5) is 10.5 Å². The minimum atomic E-state index is -0.932. The van der Waals surface area contributed by atoms with Crippen molar-refractivity contribution < 1.29 is 23.9 Å². The van der Waals surface area contributed by atoms with Gasteiger partial charge in [0.15, 0.2) is 0 Å². The molecule has 10 heteroatoms. The van der Waals surface area contributed by atoms with E-state index in [4.69, 9.17) is 10.5 Å². The van der Waals surface area contributed by atoms with Crippen molar-refractivity contribution in [2.24, 2.45) is 11.7 Å². The average Bonchev–Trinajstić information content (AvgIpc) is 2.97. The van der Waals surface area contributed by atoms with Crippen LogP contribution in [0.2, 0.25) is 0 Å². The zero-order valence-electron chi connectivity index (χ0n) is 17.8. The molecule has 0 radical (unpaired) electrons. The molecule has 1 aromatic carbocycles. The van der Waals surface area contributed by atoms with Gasteiger partial charge in [-0.05, 0) is 55.9 Å². The molecule has 2 aliphatic rings. The summed E-state index contributed by atoms with van der Waals surface area (Å²) in [5.74, 6) is -0.325. The molecule has 1 spiro atoms. The molecule has 1 heterocycles. The number of hydrazine groups is 1. The van der Waals surface area contributed by atoms with Crippen LogP contribution in [0.15, 0.2) is 24.3 Å². The highest BCUT2D eigenvalue weighted by molar-refractivity contribution is 6.08. The smallest absolute Gasteiger partial charge is 0.344 e. The van der Waals surface area contributed by atoms with Crippen molar-refractivity contribution >= 4 is 29.4 Å². The fourth-order valence-electron chi connectivity index (χ4n) is 3.99. The molecule has 31 heavy (non-hydrogen) atoms. The molecule has 0 atom stereocenters. The maximum atomic E-state index is 12.9. The Labute approximate surface area is 181 Å². The third-order valence-electron chi connectivity index (χ3n) is 5.93. The predicted octanol–water partition coefficient (Wildman–Crippen LogP) is 0.909. The fourth-order valence-corrected chi connectivity index (χ4v) is 3.99. The summed E-state index contributed by atoms with van der Waals surface area (Å²) in [4.78, 5) is 50.9. The van der Waals surface area contributed by atoms with Gasteiger partial charge >= 0.3 is 6.03 Å². The second kappa shape index (κ2) is 9.23. The van der Waals surface area contributed by atoms with Crippen LogP contribution in [0.5, 0.6) is 5.75 Å². The average molecular weight is 431 g/mol. The van der Waals surface area contributed by atoms with E-state index in [-0.39, 0.29) is 19.5 Å². The van der Waals surface area contributed by atoms with Crippen molar-refractivity contribution in [3.63, 3.8) is 0 Å². The molecule has 5 amide bonds. The van der Waals surface area contributed by atoms with Gasteiger partial charge in [-0.3, -0.25) is 19.8 Å². The Bertz CT molecular complexity index is 848. The minimum Gasteiger partial charge on any atom is -0.497 e. The van der Waals surface area contributed by atoms with Gasteiger partial charge in [0.25, 0.3) is 11.8 Å². The van der Waals surface area contributed by atoms with E-state index in [1.165, 1.54) is 0 Å². The second-order valence-electron chi connectivity index (χ2n) is 8.21. The number of nitrogens with one attached hydrogen (secondary N) is 2. The predicted molar refractivity (Wildman–Crippen MR) is 113 cm³/mol. The van der Waals surface area contributed by atoms with Crippen LogP contribution >= 0.6 is 0 Å². The molecule has 4 N–H and O–H groups in total. The number of hydrogen-bond acceptors (Lipinski definition) is 6. The highest BCUT2D eigenvalue weighted by Crippen LogP contribution is 2.35. The third kappa shape index (κ3) is 5.07. The summed E-state index contributed by atoms with van der Waals surface area (Å²) >= 11 is 0. The molecule has 1 saturated carbocycles. The standard InChI is InChI=1S/C21H29N5O5/c1-14-7-10-21(11-8-14)19(29)26(20(30)23-21)24-18(28)13-25(12-9-17(22)27)15-3-5-16(31-2)6-4-15/h3-6,14H,7-13H2,1-2H3,(H2,22,27)(H,23,30)(H,24,28).